The Morgan fingerprint density at radius 2 is 1.90 bits per heavy atom. The fourth-order valence-electron chi connectivity index (χ4n) is 2.41. The molecule has 1 aromatic carbocycles. The summed E-state index contributed by atoms with van der Waals surface area (Å²) in [6, 6.07) is 9.25. The second-order valence-electron chi connectivity index (χ2n) is 6.07. The van der Waals surface area contributed by atoms with E-state index in [2.05, 4.69) is 26.1 Å². The van der Waals surface area contributed by atoms with Crippen LogP contribution in [0.2, 0.25) is 0 Å². The Kier molecular flexibility index (Phi) is 6.73. The molecule has 0 saturated heterocycles. The van der Waals surface area contributed by atoms with E-state index in [9.17, 15) is 9.90 Å². The van der Waals surface area contributed by atoms with E-state index < -0.39 is 12.0 Å². The number of aliphatic carboxylic acids is 1. The molecule has 0 aliphatic rings. The van der Waals surface area contributed by atoms with Gasteiger partial charge in [0.2, 0.25) is 0 Å². The van der Waals surface area contributed by atoms with Crippen LogP contribution in [0.25, 0.3) is 0 Å². The highest BCUT2D eigenvalue weighted by Gasteiger charge is 2.26. The number of rotatable bonds is 9. The van der Waals surface area contributed by atoms with E-state index >= 15 is 0 Å². The van der Waals surface area contributed by atoms with Crippen LogP contribution in [0.4, 0.5) is 0 Å². The molecule has 0 aromatic heterocycles. The van der Waals surface area contributed by atoms with Crippen LogP contribution in [0.1, 0.15) is 52.0 Å². The minimum absolute atomic E-state index is 0.146. The average molecular weight is 277 g/mol. The summed E-state index contributed by atoms with van der Waals surface area (Å²) >= 11 is 0. The van der Waals surface area contributed by atoms with Crippen molar-refractivity contribution in [2.45, 2.75) is 64.5 Å². The summed E-state index contributed by atoms with van der Waals surface area (Å²) in [6.45, 7) is 6.35. The lowest BCUT2D eigenvalue weighted by molar-refractivity contribution is -0.140. The summed E-state index contributed by atoms with van der Waals surface area (Å²) in [5, 5.41) is 12.7. The first-order valence-corrected chi connectivity index (χ1v) is 7.49. The normalized spacial score (nSPS) is 13.2. The standard InChI is InChI=1S/C17H27NO2/c1-4-5-9-12-17(2,3)18-15(16(19)20)13-14-10-7-6-8-11-14/h6-8,10-11,15,18H,4-5,9,12-13H2,1-3H3,(H,19,20)/t15-/m0/s1. The number of unbranched alkanes of at least 4 members (excludes halogenated alkanes) is 2. The quantitative estimate of drug-likeness (QED) is 0.678. The Morgan fingerprint density at radius 3 is 2.45 bits per heavy atom. The zero-order valence-corrected chi connectivity index (χ0v) is 12.9. The van der Waals surface area contributed by atoms with E-state index in [0.717, 1.165) is 18.4 Å². The zero-order chi connectivity index (χ0) is 15.0. The predicted octanol–water partition coefficient (Wildman–Crippen LogP) is 3.63. The van der Waals surface area contributed by atoms with Crippen LogP contribution in [0, 0.1) is 0 Å². The minimum Gasteiger partial charge on any atom is -0.480 e. The van der Waals surface area contributed by atoms with Crippen LogP contribution < -0.4 is 5.32 Å². The van der Waals surface area contributed by atoms with E-state index in [-0.39, 0.29) is 5.54 Å². The molecule has 0 saturated carbocycles. The Bertz CT molecular complexity index is 401. The summed E-state index contributed by atoms with van der Waals surface area (Å²) in [7, 11) is 0. The molecule has 0 fully saturated rings. The highest BCUT2D eigenvalue weighted by Crippen LogP contribution is 2.16. The molecular formula is C17H27NO2. The molecule has 3 nitrogen and oxygen atoms in total. The molecule has 0 aliphatic heterocycles. The van der Waals surface area contributed by atoms with Crippen molar-refractivity contribution < 1.29 is 9.90 Å². The first kappa shape index (κ1) is 16.7. The van der Waals surface area contributed by atoms with Crippen molar-refractivity contribution in [3.05, 3.63) is 35.9 Å². The van der Waals surface area contributed by atoms with Crippen molar-refractivity contribution in [1.82, 2.24) is 5.32 Å². The molecule has 3 heteroatoms. The number of hydrogen-bond donors (Lipinski definition) is 2. The largest absolute Gasteiger partial charge is 0.480 e. The average Bonchev–Trinajstić information content (AvgIpc) is 2.39. The Hall–Kier alpha value is -1.35. The van der Waals surface area contributed by atoms with E-state index in [1.807, 2.05) is 30.3 Å². The summed E-state index contributed by atoms with van der Waals surface area (Å²) in [5.41, 5.74) is 0.907. The summed E-state index contributed by atoms with van der Waals surface area (Å²) < 4.78 is 0. The number of carboxylic acids is 1. The molecule has 0 heterocycles. The summed E-state index contributed by atoms with van der Waals surface area (Å²) in [4.78, 5) is 11.4. The van der Waals surface area contributed by atoms with Crippen molar-refractivity contribution in [3.8, 4) is 0 Å². The lowest BCUT2D eigenvalue weighted by Crippen LogP contribution is -2.50. The predicted molar refractivity (Wildman–Crippen MR) is 82.9 cm³/mol. The third kappa shape index (κ3) is 6.20. The Morgan fingerprint density at radius 1 is 1.25 bits per heavy atom. The van der Waals surface area contributed by atoms with Crippen molar-refractivity contribution in [2.75, 3.05) is 0 Å². The molecule has 112 valence electrons. The molecule has 2 N–H and O–H groups in total. The van der Waals surface area contributed by atoms with E-state index in [0.29, 0.717) is 6.42 Å². The monoisotopic (exact) mass is 277 g/mol. The summed E-state index contributed by atoms with van der Waals surface area (Å²) in [5.74, 6) is -0.780. The fraction of sp³-hybridized carbons (Fsp3) is 0.588. The number of carboxylic acid groups (broad SMARTS) is 1. The van der Waals surface area contributed by atoms with E-state index in [1.165, 1.54) is 12.8 Å². The van der Waals surface area contributed by atoms with Gasteiger partial charge in [0.15, 0.2) is 0 Å². The number of carbonyl (C=O) groups is 1. The van der Waals surface area contributed by atoms with Crippen LogP contribution in [0.3, 0.4) is 0 Å². The lowest BCUT2D eigenvalue weighted by atomic mass is 9.94. The molecule has 1 atom stereocenters. The topological polar surface area (TPSA) is 49.3 Å². The Labute approximate surface area is 122 Å². The third-order valence-corrected chi connectivity index (χ3v) is 3.55. The molecule has 0 aliphatic carbocycles. The van der Waals surface area contributed by atoms with Crippen LogP contribution in [-0.2, 0) is 11.2 Å². The third-order valence-electron chi connectivity index (χ3n) is 3.55. The fourth-order valence-corrected chi connectivity index (χ4v) is 2.41. The second kappa shape index (κ2) is 8.05. The van der Waals surface area contributed by atoms with Gasteiger partial charge in [0, 0.05) is 5.54 Å². The molecule has 20 heavy (non-hydrogen) atoms. The van der Waals surface area contributed by atoms with Crippen molar-refractivity contribution in [2.24, 2.45) is 0 Å². The van der Waals surface area contributed by atoms with Gasteiger partial charge in [-0.15, -0.1) is 0 Å². The van der Waals surface area contributed by atoms with Gasteiger partial charge in [-0.3, -0.25) is 10.1 Å². The van der Waals surface area contributed by atoms with Gasteiger partial charge in [-0.25, -0.2) is 0 Å². The Balaban J connectivity index is 2.60. The highest BCUT2D eigenvalue weighted by atomic mass is 16.4. The van der Waals surface area contributed by atoms with Crippen LogP contribution >= 0.6 is 0 Å². The van der Waals surface area contributed by atoms with Gasteiger partial charge in [0.05, 0.1) is 0 Å². The van der Waals surface area contributed by atoms with E-state index in [4.69, 9.17) is 0 Å². The van der Waals surface area contributed by atoms with Crippen LogP contribution in [-0.4, -0.2) is 22.7 Å². The number of hydrogen-bond acceptors (Lipinski definition) is 2. The molecule has 0 spiro atoms. The number of benzene rings is 1. The summed E-state index contributed by atoms with van der Waals surface area (Å²) in [6.07, 6.45) is 5.03. The van der Waals surface area contributed by atoms with Gasteiger partial charge >= 0.3 is 5.97 Å². The number of nitrogens with one attached hydrogen (secondary N) is 1. The van der Waals surface area contributed by atoms with E-state index in [1.54, 1.807) is 0 Å². The van der Waals surface area contributed by atoms with Gasteiger partial charge in [0.1, 0.15) is 6.04 Å². The molecule has 0 radical (unpaired) electrons. The minimum atomic E-state index is -0.780. The molecule has 0 amide bonds. The van der Waals surface area contributed by atoms with Gasteiger partial charge in [-0.1, -0.05) is 56.5 Å². The maximum atomic E-state index is 11.4. The van der Waals surface area contributed by atoms with Gasteiger partial charge in [-0.05, 0) is 32.3 Å². The first-order chi connectivity index (χ1) is 9.44. The van der Waals surface area contributed by atoms with Gasteiger partial charge in [-0.2, -0.15) is 0 Å². The molecular weight excluding hydrogens is 250 g/mol. The zero-order valence-electron chi connectivity index (χ0n) is 12.9. The van der Waals surface area contributed by atoms with Crippen LogP contribution in [0.5, 0.6) is 0 Å². The first-order valence-electron chi connectivity index (χ1n) is 7.49. The maximum absolute atomic E-state index is 11.4. The maximum Gasteiger partial charge on any atom is 0.321 e. The van der Waals surface area contributed by atoms with Crippen molar-refractivity contribution in [3.63, 3.8) is 0 Å². The van der Waals surface area contributed by atoms with Gasteiger partial charge in [0.25, 0.3) is 0 Å². The molecule has 1 rings (SSSR count). The molecule has 0 bridgehead atoms. The van der Waals surface area contributed by atoms with Gasteiger partial charge < -0.3 is 5.11 Å². The SMILES string of the molecule is CCCCCC(C)(C)N[C@@H](Cc1ccccc1)C(=O)O. The van der Waals surface area contributed by atoms with Crippen molar-refractivity contribution >= 4 is 5.97 Å². The van der Waals surface area contributed by atoms with Crippen LogP contribution in [0.15, 0.2) is 30.3 Å². The molecule has 0 unspecified atom stereocenters. The van der Waals surface area contributed by atoms with Crippen molar-refractivity contribution in [1.29, 1.82) is 0 Å². The second-order valence-corrected chi connectivity index (χ2v) is 6.07. The lowest BCUT2D eigenvalue weighted by Gasteiger charge is -2.30. The molecule has 1 aromatic rings. The highest BCUT2D eigenvalue weighted by molar-refractivity contribution is 5.74. The smallest absolute Gasteiger partial charge is 0.321 e.